The van der Waals surface area contributed by atoms with Gasteiger partial charge in [-0.25, -0.2) is 0 Å². The van der Waals surface area contributed by atoms with E-state index in [4.69, 9.17) is 0 Å². The maximum absolute atomic E-state index is 10.6. The smallest absolute Gasteiger partial charge is 0.0920 e. The van der Waals surface area contributed by atoms with Crippen molar-refractivity contribution in [3.63, 3.8) is 0 Å². The molecule has 2 heteroatoms. The van der Waals surface area contributed by atoms with E-state index in [0.29, 0.717) is 0 Å². The fourth-order valence-electron chi connectivity index (χ4n) is 2.43. The summed E-state index contributed by atoms with van der Waals surface area (Å²) in [6.45, 7) is 8.19. The first kappa shape index (κ1) is 11.6. The largest absolute Gasteiger partial charge is 0.385 e. The minimum Gasteiger partial charge on any atom is -0.385 e. The van der Waals surface area contributed by atoms with Crippen LogP contribution in [0.15, 0.2) is 12.1 Å². The van der Waals surface area contributed by atoms with Crippen LogP contribution < -0.4 is 5.32 Å². The second kappa shape index (κ2) is 4.19. The number of rotatable bonds is 1. The fourth-order valence-corrected chi connectivity index (χ4v) is 2.43. The third-order valence-electron chi connectivity index (χ3n) is 3.90. The van der Waals surface area contributed by atoms with Crippen LogP contribution in [0.25, 0.3) is 0 Å². The molecule has 2 rings (SSSR count). The summed E-state index contributed by atoms with van der Waals surface area (Å²) in [5.41, 5.74) is 4.37. The van der Waals surface area contributed by atoms with Crippen molar-refractivity contribution in [3.05, 3.63) is 34.4 Å². The van der Waals surface area contributed by atoms with E-state index in [1.807, 2.05) is 0 Å². The van der Waals surface area contributed by atoms with Gasteiger partial charge in [-0.15, -0.1) is 0 Å². The van der Waals surface area contributed by atoms with Gasteiger partial charge in [0.2, 0.25) is 0 Å². The van der Waals surface area contributed by atoms with Crippen molar-refractivity contribution >= 4 is 0 Å². The van der Waals surface area contributed by atoms with E-state index in [9.17, 15) is 5.11 Å². The van der Waals surface area contributed by atoms with Crippen LogP contribution in [-0.4, -0.2) is 18.2 Å². The third-order valence-corrected chi connectivity index (χ3v) is 3.90. The highest BCUT2D eigenvalue weighted by molar-refractivity contribution is 5.39. The second-order valence-corrected chi connectivity index (χ2v) is 5.02. The van der Waals surface area contributed by atoms with Crippen LogP contribution >= 0.6 is 0 Å². The number of piperidine rings is 1. The molecule has 1 saturated heterocycles. The molecule has 1 fully saturated rings. The lowest BCUT2D eigenvalue weighted by molar-refractivity contribution is 0.00583. The van der Waals surface area contributed by atoms with Crippen LogP contribution in [0.2, 0.25) is 0 Å². The van der Waals surface area contributed by atoms with E-state index in [-0.39, 0.29) is 0 Å². The number of hydrogen-bond donors (Lipinski definition) is 2. The standard InChI is InChI=1S/C14H21NO/c1-10-8-13(9-11(2)12(10)3)14(16)4-6-15-7-5-14/h8-9,15-16H,4-7H2,1-3H3. The van der Waals surface area contributed by atoms with Gasteiger partial charge in [0, 0.05) is 0 Å². The number of aryl methyl sites for hydroxylation is 2. The zero-order valence-corrected chi connectivity index (χ0v) is 10.4. The maximum atomic E-state index is 10.6. The van der Waals surface area contributed by atoms with Crippen LogP contribution in [0.1, 0.15) is 35.1 Å². The molecule has 0 saturated carbocycles. The number of nitrogens with one attached hydrogen (secondary N) is 1. The number of benzene rings is 1. The van der Waals surface area contributed by atoms with Gasteiger partial charge in [-0.2, -0.15) is 0 Å². The summed E-state index contributed by atoms with van der Waals surface area (Å²) in [7, 11) is 0. The van der Waals surface area contributed by atoms with Gasteiger partial charge >= 0.3 is 0 Å². The quantitative estimate of drug-likeness (QED) is 0.759. The fraction of sp³-hybridized carbons (Fsp3) is 0.571. The van der Waals surface area contributed by atoms with E-state index < -0.39 is 5.60 Å². The molecule has 0 bridgehead atoms. The van der Waals surface area contributed by atoms with E-state index in [1.165, 1.54) is 16.7 Å². The van der Waals surface area contributed by atoms with Gasteiger partial charge in [0.05, 0.1) is 5.60 Å². The van der Waals surface area contributed by atoms with Crippen molar-refractivity contribution in [2.24, 2.45) is 0 Å². The van der Waals surface area contributed by atoms with E-state index >= 15 is 0 Å². The molecule has 0 amide bonds. The molecule has 0 atom stereocenters. The van der Waals surface area contributed by atoms with Gasteiger partial charge in [-0.1, -0.05) is 12.1 Å². The molecule has 88 valence electrons. The number of aliphatic hydroxyl groups is 1. The predicted octanol–water partition coefficient (Wildman–Crippen LogP) is 2.18. The maximum Gasteiger partial charge on any atom is 0.0920 e. The lowest BCUT2D eigenvalue weighted by atomic mass is 9.83. The van der Waals surface area contributed by atoms with Gasteiger partial charge in [0.1, 0.15) is 0 Å². The monoisotopic (exact) mass is 219 g/mol. The first-order valence-electron chi connectivity index (χ1n) is 6.04. The Morgan fingerprint density at radius 2 is 1.56 bits per heavy atom. The molecular weight excluding hydrogens is 198 g/mol. The van der Waals surface area contributed by atoms with Crippen molar-refractivity contribution in [1.82, 2.24) is 5.32 Å². The van der Waals surface area contributed by atoms with Crippen LogP contribution in [-0.2, 0) is 5.60 Å². The average molecular weight is 219 g/mol. The van der Waals surface area contributed by atoms with E-state index in [2.05, 4.69) is 38.2 Å². The van der Waals surface area contributed by atoms with Crippen LogP contribution in [0.4, 0.5) is 0 Å². The van der Waals surface area contributed by atoms with Gasteiger partial charge in [-0.3, -0.25) is 0 Å². The molecule has 1 heterocycles. The predicted molar refractivity (Wildman–Crippen MR) is 66.7 cm³/mol. The molecule has 2 nitrogen and oxygen atoms in total. The molecule has 0 unspecified atom stereocenters. The average Bonchev–Trinajstić information content (AvgIpc) is 2.26. The third kappa shape index (κ3) is 2.00. The first-order valence-corrected chi connectivity index (χ1v) is 6.04. The van der Waals surface area contributed by atoms with Crippen molar-refractivity contribution in [2.75, 3.05) is 13.1 Å². The summed E-state index contributed by atoms with van der Waals surface area (Å²) >= 11 is 0. The van der Waals surface area contributed by atoms with Gasteiger partial charge < -0.3 is 10.4 Å². The second-order valence-electron chi connectivity index (χ2n) is 5.02. The first-order chi connectivity index (χ1) is 7.53. The molecule has 1 aromatic rings. The Morgan fingerprint density at radius 1 is 1.06 bits per heavy atom. The summed E-state index contributed by atoms with van der Waals surface area (Å²) in [5.74, 6) is 0. The van der Waals surface area contributed by atoms with Crippen molar-refractivity contribution in [3.8, 4) is 0 Å². The molecule has 0 aromatic heterocycles. The lowest BCUT2D eigenvalue weighted by Gasteiger charge is -2.33. The molecule has 16 heavy (non-hydrogen) atoms. The summed E-state index contributed by atoms with van der Waals surface area (Å²) in [6, 6.07) is 4.29. The molecular formula is C14H21NO. The topological polar surface area (TPSA) is 32.3 Å². The molecule has 2 N–H and O–H groups in total. The summed E-state index contributed by atoms with van der Waals surface area (Å²) in [6.07, 6.45) is 1.63. The molecule has 0 radical (unpaired) electrons. The zero-order chi connectivity index (χ0) is 11.8. The molecule has 0 spiro atoms. The zero-order valence-electron chi connectivity index (χ0n) is 10.4. The molecule has 0 aliphatic carbocycles. The Labute approximate surface area is 97.7 Å². The highest BCUT2D eigenvalue weighted by atomic mass is 16.3. The normalized spacial score (nSPS) is 19.8. The lowest BCUT2D eigenvalue weighted by Crippen LogP contribution is -2.39. The molecule has 1 aromatic carbocycles. The highest BCUT2D eigenvalue weighted by Crippen LogP contribution is 2.32. The van der Waals surface area contributed by atoms with Gasteiger partial charge in [-0.05, 0) is 69.0 Å². The van der Waals surface area contributed by atoms with Crippen LogP contribution in [0, 0.1) is 20.8 Å². The van der Waals surface area contributed by atoms with Gasteiger partial charge in [0.15, 0.2) is 0 Å². The van der Waals surface area contributed by atoms with Crippen molar-refractivity contribution in [2.45, 2.75) is 39.2 Å². The highest BCUT2D eigenvalue weighted by Gasteiger charge is 2.31. The Balaban J connectivity index is 2.39. The van der Waals surface area contributed by atoms with Crippen LogP contribution in [0.5, 0.6) is 0 Å². The molecule has 1 aliphatic heterocycles. The summed E-state index contributed by atoms with van der Waals surface area (Å²) < 4.78 is 0. The van der Waals surface area contributed by atoms with Crippen LogP contribution in [0.3, 0.4) is 0 Å². The Kier molecular flexibility index (Phi) is 3.04. The molecule has 1 aliphatic rings. The van der Waals surface area contributed by atoms with Crippen molar-refractivity contribution < 1.29 is 5.11 Å². The Hall–Kier alpha value is -0.860. The minimum atomic E-state index is -0.617. The SMILES string of the molecule is Cc1cc(C2(O)CCNCC2)cc(C)c1C. The van der Waals surface area contributed by atoms with Gasteiger partial charge in [0.25, 0.3) is 0 Å². The summed E-state index contributed by atoms with van der Waals surface area (Å²) in [4.78, 5) is 0. The van der Waals surface area contributed by atoms with E-state index in [0.717, 1.165) is 31.5 Å². The Bertz CT molecular complexity index is 369. The minimum absolute atomic E-state index is 0.617. The van der Waals surface area contributed by atoms with Crippen molar-refractivity contribution in [1.29, 1.82) is 0 Å². The number of hydrogen-bond acceptors (Lipinski definition) is 2. The Morgan fingerprint density at radius 3 is 2.06 bits per heavy atom. The summed E-state index contributed by atoms with van der Waals surface area (Å²) in [5, 5.41) is 13.9. The van der Waals surface area contributed by atoms with E-state index in [1.54, 1.807) is 0 Å².